The van der Waals surface area contributed by atoms with Gasteiger partial charge in [0.1, 0.15) is 0 Å². The number of hydrogen-bond acceptors (Lipinski definition) is 5. The van der Waals surface area contributed by atoms with Gasteiger partial charge < -0.3 is 5.73 Å². The van der Waals surface area contributed by atoms with Crippen molar-refractivity contribution in [1.82, 2.24) is 15.2 Å². The van der Waals surface area contributed by atoms with E-state index in [9.17, 15) is 0 Å². The number of nitrogens with zero attached hydrogens (tertiary/aromatic N) is 3. The van der Waals surface area contributed by atoms with E-state index in [1.165, 1.54) is 0 Å². The SMILES string of the molecule is Cc1nnc(SC(C)CN)nc1C. The van der Waals surface area contributed by atoms with Crippen LogP contribution in [0, 0.1) is 13.8 Å². The summed E-state index contributed by atoms with van der Waals surface area (Å²) in [7, 11) is 0. The topological polar surface area (TPSA) is 64.7 Å². The molecule has 0 aromatic carbocycles. The first kappa shape index (κ1) is 10.4. The first-order chi connectivity index (χ1) is 6.13. The van der Waals surface area contributed by atoms with Crippen molar-refractivity contribution < 1.29 is 0 Å². The van der Waals surface area contributed by atoms with Crippen LogP contribution in [-0.4, -0.2) is 27.0 Å². The van der Waals surface area contributed by atoms with Crippen molar-refractivity contribution in [3.63, 3.8) is 0 Å². The molecule has 1 atom stereocenters. The molecule has 0 amide bonds. The molecule has 0 spiro atoms. The lowest BCUT2D eigenvalue weighted by atomic mass is 10.4. The van der Waals surface area contributed by atoms with Crippen LogP contribution >= 0.6 is 11.8 Å². The van der Waals surface area contributed by atoms with E-state index < -0.39 is 0 Å². The molecule has 1 heterocycles. The van der Waals surface area contributed by atoms with E-state index in [1.807, 2.05) is 20.8 Å². The second-order valence-electron chi connectivity index (χ2n) is 2.93. The summed E-state index contributed by atoms with van der Waals surface area (Å²) >= 11 is 1.56. The molecule has 0 aliphatic heterocycles. The molecule has 1 rings (SSSR count). The minimum absolute atomic E-state index is 0.337. The van der Waals surface area contributed by atoms with Gasteiger partial charge in [0, 0.05) is 11.8 Å². The number of thioether (sulfide) groups is 1. The Labute approximate surface area is 82.3 Å². The number of hydrogen-bond donors (Lipinski definition) is 1. The second-order valence-corrected chi connectivity index (χ2v) is 4.33. The predicted octanol–water partition coefficient (Wildman–Crippen LogP) is 0.928. The normalized spacial score (nSPS) is 12.9. The van der Waals surface area contributed by atoms with Crippen LogP contribution in [0.25, 0.3) is 0 Å². The highest BCUT2D eigenvalue weighted by molar-refractivity contribution is 7.99. The largest absolute Gasteiger partial charge is 0.329 e. The summed E-state index contributed by atoms with van der Waals surface area (Å²) in [6.07, 6.45) is 0. The highest BCUT2D eigenvalue weighted by Gasteiger charge is 2.06. The van der Waals surface area contributed by atoms with Crippen molar-refractivity contribution in [2.75, 3.05) is 6.54 Å². The molecule has 1 unspecified atom stereocenters. The second kappa shape index (κ2) is 4.53. The van der Waals surface area contributed by atoms with Gasteiger partial charge in [0.15, 0.2) is 0 Å². The summed E-state index contributed by atoms with van der Waals surface area (Å²) in [5.74, 6) is 0. The molecule has 13 heavy (non-hydrogen) atoms. The van der Waals surface area contributed by atoms with Crippen LogP contribution < -0.4 is 5.73 Å². The monoisotopic (exact) mass is 198 g/mol. The van der Waals surface area contributed by atoms with Gasteiger partial charge in [0.05, 0.1) is 11.4 Å². The van der Waals surface area contributed by atoms with Gasteiger partial charge >= 0.3 is 0 Å². The minimum atomic E-state index is 0.337. The Bertz CT molecular complexity index is 289. The third kappa shape index (κ3) is 2.93. The van der Waals surface area contributed by atoms with Crippen molar-refractivity contribution >= 4 is 11.8 Å². The summed E-state index contributed by atoms with van der Waals surface area (Å²) < 4.78 is 0. The molecular weight excluding hydrogens is 184 g/mol. The van der Waals surface area contributed by atoms with Crippen LogP contribution in [0.15, 0.2) is 5.16 Å². The lowest BCUT2D eigenvalue weighted by molar-refractivity contribution is 0.784. The quantitative estimate of drug-likeness (QED) is 0.732. The smallest absolute Gasteiger partial charge is 0.209 e. The fourth-order valence-corrected chi connectivity index (χ4v) is 1.45. The predicted molar refractivity (Wildman–Crippen MR) is 53.7 cm³/mol. The van der Waals surface area contributed by atoms with Crippen molar-refractivity contribution in [3.8, 4) is 0 Å². The Morgan fingerprint density at radius 2 is 2.00 bits per heavy atom. The average Bonchev–Trinajstić information content (AvgIpc) is 2.11. The third-order valence-electron chi connectivity index (χ3n) is 1.71. The summed E-state index contributed by atoms with van der Waals surface area (Å²) in [5, 5.41) is 9.01. The van der Waals surface area contributed by atoms with Crippen molar-refractivity contribution in [2.24, 2.45) is 5.73 Å². The van der Waals surface area contributed by atoms with Gasteiger partial charge in [-0.25, -0.2) is 4.98 Å². The van der Waals surface area contributed by atoms with Gasteiger partial charge in [-0.05, 0) is 13.8 Å². The van der Waals surface area contributed by atoms with Gasteiger partial charge in [0.25, 0.3) is 0 Å². The zero-order valence-corrected chi connectivity index (χ0v) is 8.93. The van der Waals surface area contributed by atoms with Gasteiger partial charge in [-0.15, -0.1) is 5.10 Å². The molecular formula is C8H14N4S. The molecule has 5 heteroatoms. The molecule has 1 aromatic heterocycles. The Balaban J connectivity index is 2.73. The van der Waals surface area contributed by atoms with Crippen LogP contribution in [0.3, 0.4) is 0 Å². The van der Waals surface area contributed by atoms with Crippen LogP contribution in [0.1, 0.15) is 18.3 Å². The molecule has 0 bridgehead atoms. The Hall–Kier alpha value is -0.680. The van der Waals surface area contributed by atoms with Gasteiger partial charge in [0.2, 0.25) is 5.16 Å². The summed E-state index contributed by atoms with van der Waals surface area (Å²) in [5.41, 5.74) is 7.30. The standard InChI is InChI=1S/C8H14N4S/c1-5(4-9)13-8-10-6(2)7(3)11-12-8/h5H,4,9H2,1-3H3. The maximum absolute atomic E-state index is 5.49. The molecule has 72 valence electrons. The molecule has 0 fully saturated rings. The van der Waals surface area contributed by atoms with E-state index >= 15 is 0 Å². The van der Waals surface area contributed by atoms with E-state index in [0.717, 1.165) is 11.4 Å². The molecule has 0 aliphatic carbocycles. The molecule has 0 saturated carbocycles. The zero-order chi connectivity index (χ0) is 9.84. The van der Waals surface area contributed by atoms with Gasteiger partial charge in [-0.3, -0.25) is 0 Å². The maximum Gasteiger partial charge on any atom is 0.209 e. The Morgan fingerprint density at radius 1 is 1.31 bits per heavy atom. The fourth-order valence-electron chi connectivity index (χ4n) is 0.715. The average molecular weight is 198 g/mol. The Morgan fingerprint density at radius 3 is 2.54 bits per heavy atom. The zero-order valence-electron chi connectivity index (χ0n) is 8.11. The van der Waals surface area contributed by atoms with E-state index in [-0.39, 0.29) is 0 Å². The van der Waals surface area contributed by atoms with Gasteiger partial charge in [-0.2, -0.15) is 5.10 Å². The Kier molecular flexibility index (Phi) is 3.62. The number of aryl methyl sites for hydroxylation is 2. The highest BCUT2D eigenvalue weighted by atomic mass is 32.2. The molecule has 0 aliphatic rings. The summed E-state index contributed by atoms with van der Waals surface area (Å²) in [6.45, 7) is 6.50. The van der Waals surface area contributed by atoms with Crippen molar-refractivity contribution in [2.45, 2.75) is 31.2 Å². The van der Waals surface area contributed by atoms with E-state index in [2.05, 4.69) is 15.2 Å². The fraction of sp³-hybridized carbons (Fsp3) is 0.625. The van der Waals surface area contributed by atoms with Crippen LogP contribution in [0.2, 0.25) is 0 Å². The number of aromatic nitrogens is 3. The lowest BCUT2D eigenvalue weighted by Crippen LogP contribution is -2.13. The minimum Gasteiger partial charge on any atom is -0.329 e. The van der Waals surface area contributed by atoms with Gasteiger partial charge in [-0.1, -0.05) is 18.7 Å². The molecule has 4 nitrogen and oxygen atoms in total. The van der Waals surface area contributed by atoms with E-state index in [0.29, 0.717) is 17.0 Å². The molecule has 2 N–H and O–H groups in total. The first-order valence-corrected chi connectivity index (χ1v) is 5.06. The third-order valence-corrected chi connectivity index (χ3v) is 2.69. The molecule has 0 radical (unpaired) electrons. The summed E-state index contributed by atoms with van der Waals surface area (Å²) in [4.78, 5) is 4.29. The number of rotatable bonds is 3. The molecule has 0 saturated heterocycles. The van der Waals surface area contributed by atoms with Crippen molar-refractivity contribution in [3.05, 3.63) is 11.4 Å². The van der Waals surface area contributed by atoms with Crippen LogP contribution in [-0.2, 0) is 0 Å². The van der Waals surface area contributed by atoms with Crippen LogP contribution in [0.4, 0.5) is 0 Å². The molecule has 1 aromatic rings. The lowest BCUT2D eigenvalue weighted by Gasteiger charge is -2.06. The highest BCUT2D eigenvalue weighted by Crippen LogP contribution is 2.17. The van der Waals surface area contributed by atoms with E-state index in [1.54, 1.807) is 11.8 Å². The number of nitrogens with two attached hydrogens (primary N) is 1. The van der Waals surface area contributed by atoms with Crippen LogP contribution in [0.5, 0.6) is 0 Å². The van der Waals surface area contributed by atoms with Crippen molar-refractivity contribution in [1.29, 1.82) is 0 Å². The first-order valence-electron chi connectivity index (χ1n) is 4.18. The summed E-state index contributed by atoms with van der Waals surface area (Å²) in [6, 6.07) is 0. The van der Waals surface area contributed by atoms with E-state index in [4.69, 9.17) is 5.73 Å². The maximum atomic E-state index is 5.49.